The number of carboxylic acids is 1. The van der Waals surface area contributed by atoms with Crippen LogP contribution in [-0.2, 0) is 14.8 Å². The van der Waals surface area contributed by atoms with Crippen molar-refractivity contribution in [1.29, 1.82) is 0 Å². The van der Waals surface area contributed by atoms with E-state index >= 15 is 0 Å². The van der Waals surface area contributed by atoms with Crippen LogP contribution >= 0.6 is 23.2 Å². The first-order chi connectivity index (χ1) is 8.77. The molecule has 0 fully saturated rings. The van der Waals surface area contributed by atoms with E-state index < -0.39 is 22.5 Å². The van der Waals surface area contributed by atoms with Crippen molar-refractivity contribution in [2.24, 2.45) is 0 Å². The van der Waals surface area contributed by atoms with Gasteiger partial charge in [-0.1, -0.05) is 29.1 Å². The molecule has 1 aromatic rings. The summed E-state index contributed by atoms with van der Waals surface area (Å²) < 4.78 is 25.1. The smallest absolute Gasteiger partial charge is 0.318 e. The van der Waals surface area contributed by atoms with Crippen molar-refractivity contribution in [2.45, 2.75) is 4.90 Å². The monoisotopic (exact) mass is 321 g/mol. The summed E-state index contributed by atoms with van der Waals surface area (Å²) in [4.78, 5) is 10.5. The molecule has 1 N–H and O–H groups in total. The fraction of sp³-hybridized carbons (Fsp3) is 0.182. The molecular weight excluding hydrogens is 313 g/mol. The third kappa shape index (κ3) is 4.11. The lowest BCUT2D eigenvalue weighted by molar-refractivity contribution is -0.137. The lowest BCUT2D eigenvalue weighted by Gasteiger charge is -2.18. The average molecular weight is 322 g/mol. The number of halogens is 2. The number of hydrogen-bond acceptors (Lipinski definition) is 3. The Bertz CT molecular complexity index is 616. The minimum Gasteiger partial charge on any atom is -0.480 e. The zero-order chi connectivity index (χ0) is 14.6. The second-order valence-electron chi connectivity index (χ2n) is 3.48. The topological polar surface area (TPSA) is 74.7 Å². The zero-order valence-electron chi connectivity index (χ0n) is 9.51. The minimum absolute atomic E-state index is 0.127. The number of nitrogens with zero attached hydrogens (tertiary/aromatic N) is 1. The number of hydrogen-bond donors (Lipinski definition) is 1. The molecule has 0 heterocycles. The average Bonchev–Trinajstić information content (AvgIpc) is 2.26. The summed E-state index contributed by atoms with van der Waals surface area (Å²) >= 11 is 11.4. The molecule has 19 heavy (non-hydrogen) atoms. The van der Waals surface area contributed by atoms with E-state index in [0.717, 1.165) is 0 Å². The lowest BCUT2D eigenvalue weighted by atomic mass is 10.4. The van der Waals surface area contributed by atoms with Crippen molar-refractivity contribution in [3.8, 4) is 12.3 Å². The molecule has 0 aromatic heterocycles. The SMILES string of the molecule is C#CCN(CC(=O)O)S(=O)(=O)c1cc(Cl)cc(Cl)c1. The molecule has 0 atom stereocenters. The van der Waals surface area contributed by atoms with E-state index in [4.69, 9.17) is 34.7 Å². The molecular formula is C11H9Cl2NO4S. The standard InChI is InChI=1S/C11H9Cl2NO4S/c1-2-3-14(7-11(15)16)19(17,18)10-5-8(12)4-9(13)6-10/h1,4-6H,3,7H2,(H,15,16). The second kappa shape index (κ2) is 6.26. The molecule has 0 spiro atoms. The quantitative estimate of drug-likeness (QED) is 0.838. The van der Waals surface area contributed by atoms with E-state index in [9.17, 15) is 13.2 Å². The Morgan fingerprint density at radius 3 is 2.26 bits per heavy atom. The van der Waals surface area contributed by atoms with Crippen LogP contribution in [0.2, 0.25) is 10.0 Å². The van der Waals surface area contributed by atoms with Gasteiger partial charge in [0.05, 0.1) is 11.4 Å². The van der Waals surface area contributed by atoms with Gasteiger partial charge in [0.25, 0.3) is 0 Å². The van der Waals surface area contributed by atoms with Crippen molar-refractivity contribution in [1.82, 2.24) is 4.31 Å². The number of rotatable bonds is 5. The van der Waals surface area contributed by atoms with Gasteiger partial charge >= 0.3 is 5.97 Å². The normalized spacial score (nSPS) is 11.3. The van der Waals surface area contributed by atoms with Crippen molar-refractivity contribution in [3.63, 3.8) is 0 Å². The summed E-state index contributed by atoms with van der Waals surface area (Å²) in [5, 5.41) is 8.96. The van der Waals surface area contributed by atoms with Crippen LogP contribution in [0.4, 0.5) is 0 Å². The maximum Gasteiger partial charge on any atom is 0.318 e. The van der Waals surface area contributed by atoms with Crippen molar-refractivity contribution in [2.75, 3.05) is 13.1 Å². The van der Waals surface area contributed by atoms with Gasteiger partial charge in [-0.2, -0.15) is 4.31 Å². The van der Waals surface area contributed by atoms with E-state index in [1.54, 1.807) is 0 Å². The van der Waals surface area contributed by atoms with Gasteiger partial charge in [-0.3, -0.25) is 4.79 Å². The van der Waals surface area contributed by atoms with Crippen LogP contribution in [-0.4, -0.2) is 36.9 Å². The van der Waals surface area contributed by atoms with Gasteiger partial charge in [0.1, 0.15) is 6.54 Å². The molecule has 0 saturated carbocycles. The molecule has 0 saturated heterocycles. The number of carbonyl (C=O) groups is 1. The fourth-order valence-electron chi connectivity index (χ4n) is 1.31. The molecule has 0 radical (unpaired) electrons. The van der Waals surface area contributed by atoms with Gasteiger partial charge in [0.2, 0.25) is 10.0 Å². The first-order valence-corrected chi connectivity index (χ1v) is 7.08. The summed E-state index contributed by atoms with van der Waals surface area (Å²) in [6.07, 6.45) is 5.04. The predicted octanol–water partition coefficient (Wildman–Crippen LogP) is 1.70. The largest absolute Gasteiger partial charge is 0.480 e. The van der Waals surface area contributed by atoms with E-state index in [-0.39, 0.29) is 21.5 Å². The van der Waals surface area contributed by atoms with Gasteiger partial charge in [-0.15, -0.1) is 6.42 Å². The first-order valence-electron chi connectivity index (χ1n) is 4.89. The molecule has 102 valence electrons. The van der Waals surface area contributed by atoms with Gasteiger partial charge < -0.3 is 5.11 Å². The highest BCUT2D eigenvalue weighted by Crippen LogP contribution is 2.24. The van der Waals surface area contributed by atoms with Gasteiger partial charge in [-0.25, -0.2) is 8.42 Å². The van der Waals surface area contributed by atoms with Crippen molar-refractivity contribution >= 4 is 39.2 Å². The van der Waals surface area contributed by atoms with Crippen LogP contribution in [0.3, 0.4) is 0 Å². The lowest BCUT2D eigenvalue weighted by Crippen LogP contribution is -2.36. The highest BCUT2D eigenvalue weighted by Gasteiger charge is 2.26. The molecule has 0 aliphatic heterocycles. The third-order valence-electron chi connectivity index (χ3n) is 2.05. The minimum atomic E-state index is -4.06. The number of sulfonamides is 1. The molecule has 1 aromatic carbocycles. The maximum absolute atomic E-state index is 12.2. The number of benzene rings is 1. The summed E-state index contributed by atoms with van der Waals surface area (Å²) in [7, 11) is -4.06. The molecule has 0 unspecified atom stereocenters. The first kappa shape index (κ1) is 15.8. The third-order valence-corrected chi connectivity index (χ3v) is 4.26. The molecule has 0 bridgehead atoms. The fourth-order valence-corrected chi connectivity index (χ4v) is 3.34. The summed E-state index contributed by atoms with van der Waals surface area (Å²) in [6, 6.07) is 3.72. The van der Waals surface area contributed by atoms with Crippen LogP contribution in [0, 0.1) is 12.3 Å². The molecule has 8 heteroatoms. The second-order valence-corrected chi connectivity index (χ2v) is 6.29. The molecule has 5 nitrogen and oxygen atoms in total. The van der Waals surface area contributed by atoms with Crippen LogP contribution in [0.5, 0.6) is 0 Å². The van der Waals surface area contributed by atoms with Crippen LogP contribution in [0.1, 0.15) is 0 Å². The summed E-state index contributed by atoms with van der Waals surface area (Å²) in [5.41, 5.74) is 0. The van der Waals surface area contributed by atoms with Gasteiger partial charge in [0.15, 0.2) is 0 Å². The maximum atomic E-state index is 12.2. The number of terminal acetylenes is 1. The zero-order valence-corrected chi connectivity index (χ0v) is 11.8. The summed E-state index contributed by atoms with van der Waals surface area (Å²) in [6.45, 7) is -1.10. The molecule has 0 aliphatic rings. The Hall–Kier alpha value is -1.26. The summed E-state index contributed by atoms with van der Waals surface area (Å²) in [5.74, 6) is 0.783. The number of aliphatic carboxylic acids is 1. The molecule has 0 aliphatic carbocycles. The Balaban J connectivity index is 3.26. The van der Waals surface area contributed by atoms with Crippen LogP contribution in [0.25, 0.3) is 0 Å². The van der Waals surface area contributed by atoms with Crippen molar-refractivity contribution < 1.29 is 18.3 Å². The predicted molar refractivity (Wildman–Crippen MR) is 71.7 cm³/mol. The van der Waals surface area contributed by atoms with Crippen molar-refractivity contribution in [3.05, 3.63) is 28.2 Å². The highest BCUT2D eigenvalue weighted by molar-refractivity contribution is 7.89. The van der Waals surface area contributed by atoms with E-state index in [2.05, 4.69) is 5.92 Å². The van der Waals surface area contributed by atoms with Crippen LogP contribution < -0.4 is 0 Å². The van der Waals surface area contributed by atoms with E-state index in [1.165, 1.54) is 18.2 Å². The van der Waals surface area contributed by atoms with E-state index in [0.29, 0.717) is 4.31 Å². The number of carboxylic acid groups (broad SMARTS) is 1. The Labute approximate surface area is 120 Å². The van der Waals surface area contributed by atoms with Gasteiger partial charge in [-0.05, 0) is 18.2 Å². The van der Waals surface area contributed by atoms with Crippen LogP contribution in [0.15, 0.2) is 23.1 Å². The van der Waals surface area contributed by atoms with Gasteiger partial charge in [0, 0.05) is 10.0 Å². The molecule has 1 rings (SSSR count). The molecule has 0 amide bonds. The Morgan fingerprint density at radius 2 is 1.84 bits per heavy atom. The highest BCUT2D eigenvalue weighted by atomic mass is 35.5. The van der Waals surface area contributed by atoms with E-state index in [1.807, 2.05) is 0 Å². The Kier molecular flexibility index (Phi) is 5.20. The Morgan fingerprint density at radius 1 is 1.32 bits per heavy atom.